The van der Waals surface area contributed by atoms with E-state index < -0.39 is 24.5 Å². The van der Waals surface area contributed by atoms with Crippen molar-refractivity contribution in [3.8, 4) is 0 Å². The van der Waals surface area contributed by atoms with E-state index in [0.29, 0.717) is 12.2 Å². The number of carbonyl (C=O) groups excluding carboxylic acids is 3. The molecule has 0 bridgehead atoms. The number of carbonyl (C=O) groups is 3. The first-order chi connectivity index (χ1) is 14.1. The van der Waals surface area contributed by atoms with E-state index >= 15 is 0 Å². The number of urea groups is 1. The number of esters is 1. The summed E-state index contributed by atoms with van der Waals surface area (Å²) >= 11 is 0. The number of imide groups is 1. The zero-order valence-corrected chi connectivity index (χ0v) is 15.9. The molecule has 1 aromatic carbocycles. The predicted octanol–water partition coefficient (Wildman–Crippen LogP) is 1.65. The van der Waals surface area contributed by atoms with E-state index in [9.17, 15) is 14.4 Å². The van der Waals surface area contributed by atoms with Crippen molar-refractivity contribution in [1.29, 1.82) is 0 Å². The third kappa shape index (κ3) is 6.87. The van der Waals surface area contributed by atoms with Gasteiger partial charge in [0.2, 0.25) is 0 Å². The second-order valence-electron chi connectivity index (χ2n) is 6.77. The third-order valence-corrected chi connectivity index (χ3v) is 4.42. The van der Waals surface area contributed by atoms with Crippen LogP contribution in [0.4, 0.5) is 4.79 Å². The zero-order chi connectivity index (χ0) is 20.5. The van der Waals surface area contributed by atoms with Gasteiger partial charge >= 0.3 is 12.0 Å². The summed E-state index contributed by atoms with van der Waals surface area (Å²) in [6.07, 6.45) is 8.27. The molecule has 29 heavy (non-hydrogen) atoms. The molecule has 9 heteroatoms. The molecule has 0 saturated heterocycles. The van der Waals surface area contributed by atoms with Gasteiger partial charge in [-0.2, -0.15) is 0 Å². The highest BCUT2D eigenvalue weighted by Crippen LogP contribution is 2.17. The third-order valence-electron chi connectivity index (χ3n) is 4.42. The number of rotatable bonds is 7. The van der Waals surface area contributed by atoms with E-state index in [0.717, 1.165) is 37.3 Å². The molecule has 1 aliphatic rings. The molecular weight excluding hydrogens is 374 g/mol. The highest BCUT2D eigenvalue weighted by Gasteiger charge is 2.18. The number of ether oxygens (including phenoxy) is 1. The van der Waals surface area contributed by atoms with E-state index in [4.69, 9.17) is 4.74 Å². The first-order valence-electron chi connectivity index (χ1n) is 9.48. The maximum Gasteiger partial charge on any atom is 0.331 e. The molecule has 1 aliphatic carbocycles. The van der Waals surface area contributed by atoms with Crippen molar-refractivity contribution < 1.29 is 19.1 Å². The molecule has 0 radical (unpaired) electrons. The summed E-state index contributed by atoms with van der Waals surface area (Å²) < 4.78 is 6.48. The molecule has 1 aromatic heterocycles. The van der Waals surface area contributed by atoms with Gasteiger partial charge in [0, 0.05) is 12.1 Å². The van der Waals surface area contributed by atoms with E-state index in [1.165, 1.54) is 6.08 Å². The van der Waals surface area contributed by atoms with Crippen LogP contribution in [0.1, 0.15) is 36.9 Å². The number of benzene rings is 1. The lowest BCUT2D eigenvalue weighted by Crippen LogP contribution is -2.44. The number of amides is 3. The minimum Gasteiger partial charge on any atom is -0.452 e. The molecule has 152 valence electrons. The van der Waals surface area contributed by atoms with Crippen LogP contribution in [0.5, 0.6) is 0 Å². The fourth-order valence-electron chi connectivity index (χ4n) is 3.03. The highest BCUT2D eigenvalue weighted by molar-refractivity contribution is 5.96. The van der Waals surface area contributed by atoms with E-state index in [1.54, 1.807) is 10.9 Å². The Morgan fingerprint density at radius 1 is 1.17 bits per heavy atom. The SMILES string of the molecule is O=C(COC(=O)/C=C/c1cn(Cc2ccccc2)nn1)NC(=O)NC1CCCC1. The lowest BCUT2D eigenvalue weighted by molar-refractivity contribution is -0.143. The molecule has 0 unspecified atom stereocenters. The summed E-state index contributed by atoms with van der Waals surface area (Å²) in [4.78, 5) is 35.1. The van der Waals surface area contributed by atoms with Crippen molar-refractivity contribution in [1.82, 2.24) is 25.6 Å². The van der Waals surface area contributed by atoms with Crippen molar-refractivity contribution in [3.05, 3.63) is 53.9 Å². The van der Waals surface area contributed by atoms with E-state index in [2.05, 4.69) is 20.9 Å². The van der Waals surface area contributed by atoms with Crippen LogP contribution < -0.4 is 10.6 Å². The Morgan fingerprint density at radius 2 is 1.93 bits per heavy atom. The molecule has 1 heterocycles. The van der Waals surface area contributed by atoms with Gasteiger partial charge in [-0.25, -0.2) is 14.3 Å². The molecule has 3 amide bonds. The summed E-state index contributed by atoms with van der Waals surface area (Å²) in [6, 6.07) is 9.32. The fraction of sp³-hybridized carbons (Fsp3) is 0.350. The average molecular weight is 397 g/mol. The molecular formula is C20H23N5O4. The summed E-state index contributed by atoms with van der Waals surface area (Å²) in [5.41, 5.74) is 1.56. The smallest absolute Gasteiger partial charge is 0.331 e. The number of nitrogens with zero attached hydrogens (tertiary/aromatic N) is 3. The minimum atomic E-state index is -0.714. The predicted molar refractivity (Wildman–Crippen MR) is 104 cm³/mol. The normalized spacial score (nSPS) is 14.1. The average Bonchev–Trinajstić information content (AvgIpc) is 3.37. The Morgan fingerprint density at radius 3 is 2.69 bits per heavy atom. The number of aromatic nitrogens is 3. The minimum absolute atomic E-state index is 0.101. The number of hydrogen-bond acceptors (Lipinski definition) is 6. The molecule has 1 fully saturated rings. The van der Waals surface area contributed by atoms with Gasteiger partial charge in [0.1, 0.15) is 5.69 Å². The summed E-state index contributed by atoms with van der Waals surface area (Å²) in [5, 5.41) is 12.8. The molecule has 9 nitrogen and oxygen atoms in total. The number of nitrogens with one attached hydrogen (secondary N) is 2. The van der Waals surface area contributed by atoms with Crippen LogP contribution in [0, 0.1) is 0 Å². The Hall–Kier alpha value is -3.49. The first kappa shape index (κ1) is 20.2. The first-order valence-corrected chi connectivity index (χ1v) is 9.48. The van der Waals surface area contributed by atoms with Crippen molar-refractivity contribution in [2.75, 3.05) is 6.61 Å². The van der Waals surface area contributed by atoms with Crippen molar-refractivity contribution in [3.63, 3.8) is 0 Å². The van der Waals surface area contributed by atoms with Crippen molar-refractivity contribution in [2.24, 2.45) is 0 Å². The lowest BCUT2D eigenvalue weighted by Gasteiger charge is -2.12. The van der Waals surface area contributed by atoms with Gasteiger partial charge in [0.15, 0.2) is 6.61 Å². The number of hydrogen-bond donors (Lipinski definition) is 2. The Bertz CT molecular complexity index is 872. The largest absolute Gasteiger partial charge is 0.452 e. The molecule has 1 saturated carbocycles. The molecule has 2 aromatic rings. The lowest BCUT2D eigenvalue weighted by atomic mass is 10.2. The fourth-order valence-corrected chi connectivity index (χ4v) is 3.03. The van der Waals surface area contributed by atoms with Gasteiger partial charge in [-0.1, -0.05) is 48.4 Å². The van der Waals surface area contributed by atoms with Gasteiger partial charge in [-0.05, 0) is 24.5 Å². The van der Waals surface area contributed by atoms with Crippen LogP contribution in [-0.2, 0) is 20.9 Å². The van der Waals surface area contributed by atoms with E-state index in [1.807, 2.05) is 30.3 Å². The van der Waals surface area contributed by atoms with Crippen LogP contribution in [0.3, 0.4) is 0 Å². The van der Waals surface area contributed by atoms with Gasteiger partial charge in [-0.15, -0.1) is 5.10 Å². The molecule has 2 N–H and O–H groups in total. The van der Waals surface area contributed by atoms with Crippen LogP contribution >= 0.6 is 0 Å². The second kappa shape index (κ2) is 10.2. The van der Waals surface area contributed by atoms with Gasteiger partial charge in [-0.3, -0.25) is 10.1 Å². The van der Waals surface area contributed by atoms with Gasteiger partial charge < -0.3 is 10.1 Å². The zero-order valence-electron chi connectivity index (χ0n) is 15.9. The quantitative estimate of drug-likeness (QED) is 0.542. The van der Waals surface area contributed by atoms with Crippen LogP contribution in [-0.4, -0.2) is 45.6 Å². The Labute approximate surface area is 168 Å². The Kier molecular flexibility index (Phi) is 7.10. The van der Waals surface area contributed by atoms with Crippen LogP contribution in [0.25, 0.3) is 6.08 Å². The van der Waals surface area contributed by atoms with Crippen molar-refractivity contribution >= 4 is 24.0 Å². The van der Waals surface area contributed by atoms with Crippen LogP contribution in [0.2, 0.25) is 0 Å². The molecule has 0 atom stereocenters. The highest BCUT2D eigenvalue weighted by atomic mass is 16.5. The van der Waals surface area contributed by atoms with Gasteiger partial charge in [0.25, 0.3) is 5.91 Å². The topological polar surface area (TPSA) is 115 Å². The molecule has 0 spiro atoms. The van der Waals surface area contributed by atoms with Crippen molar-refractivity contribution in [2.45, 2.75) is 38.3 Å². The molecule has 3 rings (SSSR count). The summed E-state index contributed by atoms with van der Waals surface area (Å²) in [6.45, 7) is 0.0250. The summed E-state index contributed by atoms with van der Waals surface area (Å²) in [7, 11) is 0. The molecule has 0 aliphatic heterocycles. The maximum atomic E-state index is 11.7. The standard InChI is InChI=1S/C20H23N5O4/c26-18(22-20(28)21-16-8-4-5-9-16)14-29-19(27)11-10-17-13-25(24-23-17)12-15-6-2-1-3-7-15/h1-3,6-7,10-11,13,16H,4-5,8-9,12,14H2,(H2,21,22,26,28)/b11-10+. The maximum absolute atomic E-state index is 11.7. The monoisotopic (exact) mass is 397 g/mol. The van der Waals surface area contributed by atoms with E-state index in [-0.39, 0.29) is 6.04 Å². The second-order valence-corrected chi connectivity index (χ2v) is 6.77. The Balaban J connectivity index is 1.38. The summed E-state index contributed by atoms with van der Waals surface area (Å²) in [5.74, 6) is -1.40. The van der Waals surface area contributed by atoms with Crippen LogP contribution in [0.15, 0.2) is 42.6 Å². The van der Waals surface area contributed by atoms with Gasteiger partial charge in [0.05, 0.1) is 12.7 Å².